The van der Waals surface area contributed by atoms with Crippen molar-refractivity contribution in [3.63, 3.8) is 0 Å². The minimum atomic E-state index is -3.04. The summed E-state index contributed by atoms with van der Waals surface area (Å²) in [6, 6.07) is 1.92. The van der Waals surface area contributed by atoms with E-state index < -0.39 is 10.0 Å². The first-order valence-electron chi connectivity index (χ1n) is 7.06. The maximum Gasteiger partial charge on any atom is 0.211 e. The molecule has 1 aromatic heterocycles. The van der Waals surface area contributed by atoms with Gasteiger partial charge in [0, 0.05) is 38.6 Å². The number of rotatable bonds is 6. The van der Waals surface area contributed by atoms with E-state index in [2.05, 4.69) is 17.0 Å². The molecular formula is C13H24N4O2S. The summed E-state index contributed by atoms with van der Waals surface area (Å²) >= 11 is 0. The summed E-state index contributed by atoms with van der Waals surface area (Å²) in [4.78, 5) is 2.26. The normalized spacial score (nSPS) is 21.4. The highest BCUT2D eigenvalue weighted by Gasteiger charge is 2.26. The largest absolute Gasteiger partial charge is 0.304 e. The number of hydrogen-bond acceptors (Lipinski definition) is 4. The first-order chi connectivity index (χ1) is 9.45. The molecule has 0 spiro atoms. The molecule has 0 aromatic carbocycles. The minimum Gasteiger partial charge on any atom is -0.304 e. The summed E-state index contributed by atoms with van der Waals surface area (Å²) in [6.45, 7) is 4.06. The molecule has 1 aliphatic rings. The van der Waals surface area contributed by atoms with Crippen molar-refractivity contribution in [2.75, 3.05) is 39.5 Å². The van der Waals surface area contributed by atoms with Gasteiger partial charge in [-0.3, -0.25) is 4.68 Å². The second-order valence-corrected chi connectivity index (χ2v) is 7.64. The number of hydrogen-bond donors (Lipinski definition) is 0. The highest BCUT2D eigenvalue weighted by atomic mass is 32.2. The van der Waals surface area contributed by atoms with Crippen LogP contribution in [0.2, 0.25) is 0 Å². The molecule has 0 bridgehead atoms. The monoisotopic (exact) mass is 300 g/mol. The van der Waals surface area contributed by atoms with Gasteiger partial charge in [0.1, 0.15) is 0 Å². The van der Waals surface area contributed by atoms with E-state index in [1.54, 1.807) is 10.5 Å². The number of sulfonamides is 1. The summed E-state index contributed by atoms with van der Waals surface area (Å²) in [7, 11) is -0.955. The van der Waals surface area contributed by atoms with E-state index in [-0.39, 0.29) is 0 Å². The van der Waals surface area contributed by atoms with Crippen molar-refractivity contribution in [3.05, 3.63) is 18.5 Å². The smallest absolute Gasteiger partial charge is 0.211 e. The van der Waals surface area contributed by atoms with E-state index in [0.29, 0.717) is 19.0 Å². The van der Waals surface area contributed by atoms with Crippen LogP contribution < -0.4 is 0 Å². The molecule has 2 rings (SSSR count). The van der Waals surface area contributed by atoms with E-state index in [1.807, 2.05) is 16.9 Å². The molecule has 20 heavy (non-hydrogen) atoms. The predicted octanol–water partition coefficient (Wildman–Crippen LogP) is 0.487. The number of likely N-dealkylation sites (N-methyl/N-ethyl adjacent to an activating group) is 1. The summed E-state index contributed by atoms with van der Waals surface area (Å²) in [5.41, 5.74) is 0. The van der Waals surface area contributed by atoms with Crippen LogP contribution in [-0.2, 0) is 16.6 Å². The van der Waals surface area contributed by atoms with Gasteiger partial charge < -0.3 is 4.90 Å². The van der Waals surface area contributed by atoms with Crippen LogP contribution in [0.5, 0.6) is 0 Å². The first kappa shape index (κ1) is 15.5. The van der Waals surface area contributed by atoms with E-state index >= 15 is 0 Å². The molecule has 1 atom stereocenters. The van der Waals surface area contributed by atoms with Gasteiger partial charge in [0.15, 0.2) is 0 Å². The quantitative estimate of drug-likeness (QED) is 0.767. The lowest BCUT2D eigenvalue weighted by molar-refractivity contribution is 0.196. The van der Waals surface area contributed by atoms with Crippen LogP contribution in [-0.4, -0.2) is 66.9 Å². The van der Waals surface area contributed by atoms with Crippen molar-refractivity contribution in [1.29, 1.82) is 0 Å². The van der Waals surface area contributed by atoms with Crippen LogP contribution in [0, 0.1) is 5.92 Å². The molecule has 114 valence electrons. The molecule has 1 aromatic rings. The Labute approximate surface area is 121 Å². The fourth-order valence-corrected chi connectivity index (χ4v) is 3.66. The Bertz CT molecular complexity index is 500. The van der Waals surface area contributed by atoms with Crippen LogP contribution in [0.25, 0.3) is 0 Å². The van der Waals surface area contributed by atoms with E-state index in [4.69, 9.17) is 0 Å². The third-order valence-corrected chi connectivity index (χ3v) is 5.06. The van der Waals surface area contributed by atoms with E-state index in [9.17, 15) is 8.42 Å². The standard InChI is InChI=1S/C13H24N4O2S/c1-15(9-10-16-7-4-6-14-16)11-13-5-3-8-17(12-13)20(2,18)19/h4,6-7,13H,3,5,8-12H2,1-2H3/t13-/m0/s1. The zero-order valence-electron chi connectivity index (χ0n) is 12.3. The molecule has 1 fully saturated rings. The Morgan fingerprint density at radius 3 is 2.90 bits per heavy atom. The summed E-state index contributed by atoms with van der Waals surface area (Å²) < 4.78 is 26.7. The van der Waals surface area contributed by atoms with Crippen molar-refractivity contribution in [1.82, 2.24) is 19.0 Å². The highest BCUT2D eigenvalue weighted by molar-refractivity contribution is 7.88. The van der Waals surface area contributed by atoms with Crippen molar-refractivity contribution < 1.29 is 8.42 Å². The van der Waals surface area contributed by atoms with Gasteiger partial charge in [-0.15, -0.1) is 0 Å². The zero-order valence-corrected chi connectivity index (χ0v) is 13.1. The molecule has 2 heterocycles. The van der Waals surface area contributed by atoms with Gasteiger partial charge in [0.25, 0.3) is 0 Å². The fourth-order valence-electron chi connectivity index (χ4n) is 2.72. The van der Waals surface area contributed by atoms with Gasteiger partial charge in [0.05, 0.1) is 12.8 Å². The van der Waals surface area contributed by atoms with Crippen LogP contribution in [0.3, 0.4) is 0 Å². The predicted molar refractivity (Wildman–Crippen MR) is 78.9 cm³/mol. The molecule has 0 unspecified atom stereocenters. The minimum absolute atomic E-state index is 0.432. The Kier molecular flexibility index (Phi) is 5.17. The van der Waals surface area contributed by atoms with Crippen LogP contribution in [0.4, 0.5) is 0 Å². The molecular weight excluding hydrogens is 276 g/mol. The van der Waals surface area contributed by atoms with Crippen molar-refractivity contribution in [2.24, 2.45) is 5.92 Å². The topological polar surface area (TPSA) is 58.4 Å². The van der Waals surface area contributed by atoms with Gasteiger partial charge in [0.2, 0.25) is 10.0 Å². The molecule has 0 radical (unpaired) electrons. The summed E-state index contributed by atoms with van der Waals surface area (Å²) in [5.74, 6) is 0.432. The highest BCUT2D eigenvalue weighted by Crippen LogP contribution is 2.19. The number of piperidine rings is 1. The lowest BCUT2D eigenvalue weighted by Crippen LogP contribution is -2.43. The first-order valence-corrected chi connectivity index (χ1v) is 8.91. The van der Waals surface area contributed by atoms with Crippen LogP contribution in [0.15, 0.2) is 18.5 Å². The van der Waals surface area contributed by atoms with Gasteiger partial charge >= 0.3 is 0 Å². The van der Waals surface area contributed by atoms with E-state index in [1.165, 1.54) is 6.26 Å². The fraction of sp³-hybridized carbons (Fsp3) is 0.769. The van der Waals surface area contributed by atoms with Gasteiger partial charge in [-0.25, -0.2) is 12.7 Å². The maximum atomic E-state index is 11.6. The lowest BCUT2D eigenvalue weighted by atomic mass is 9.99. The molecule has 1 aliphatic heterocycles. The van der Waals surface area contributed by atoms with Gasteiger partial charge in [-0.1, -0.05) is 0 Å². The Morgan fingerprint density at radius 1 is 1.45 bits per heavy atom. The van der Waals surface area contributed by atoms with Crippen LogP contribution >= 0.6 is 0 Å². The number of aromatic nitrogens is 2. The molecule has 1 saturated heterocycles. The summed E-state index contributed by atoms with van der Waals surface area (Å²) in [6.07, 6.45) is 7.12. The van der Waals surface area contributed by atoms with E-state index in [0.717, 1.165) is 32.5 Å². The Hall–Kier alpha value is -0.920. The second-order valence-electron chi connectivity index (χ2n) is 5.66. The third kappa shape index (κ3) is 4.57. The molecule has 0 amide bonds. The Morgan fingerprint density at radius 2 is 2.25 bits per heavy atom. The lowest BCUT2D eigenvalue weighted by Gasteiger charge is -2.33. The second kappa shape index (κ2) is 6.69. The van der Waals surface area contributed by atoms with Crippen molar-refractivity contribution in [3.8, 4) is 0 Å². The molecule has 0 N–H and O–H groups in total. The third-order valence-electron chi connectivity index (χ3n) is 3.79. The molecule has 7 heteroatoms. The van der Waals surface area contributed by atoms with Crippen molar-refractivity contribution in [2.45, 2.75) is 19.4 Å². The average Bonchev–Trinajstić information content (AvgIpc) is 2.89. The van der Waals surface area contributed by atoms with Gasteiger partial charge in [-0.2, -0.15) is 5.10 Å². The SMILES string of the molecule is CN(CCn1cccn1)C[C@@H]1CCCN(S(C)(=O)=O)C1. The zero-order chi connectivity index (χ0) is 14.6. The van der Waals surface area contributed by atoms with Gasteiger partial charge in [-0.05, 0) is 31.9 Å². The number of nitrogens with zero attached hydrogens (tertiary/aromatic N) is 4. The van der Waals surface area contributed by atoms with Crippen LogP contribution in [0.1, 0.15) is 12.8 Å². The molecule has 0 aliphatic carbocycles. The summed E-state index contributed by atoms with van der Waals surface area (Å²) in [5, 5.41) is 4.18. The molecule has 0 saturated carbocycles. The Balaban J connectivity index is 1.77. The molecule has 6 nitrogen and oxygen atoms in total. The van der Waals surface area contributed by atoms with Crippen molar-refractivity contribution >= 4 is 10.0 Å². The maximum absolute atomic E-state index is 11.6. The average molecular weight is 300 g/mol.